The largest absolute Gasteiger partial charge is 0.454 e. The zero-order valence-electron chi connectivity index (χ0n) is 16.5. The first-order valence-electron chi connectivity index (χ1n) is 10.1. The Labute approximate surface area is 169 Å². The Hall–Kier alpha value is -2.81. The van der Waals surface area contributed by atoms with E-state index in [0.717, 1.165) is 29.8 Å². The van der Waals surface area contributed by atoms with Crippen molar-refractivity contribution in [3.63, 3.8) is 0 Å². The highest BCUT2D eigenvalue weighted by molar-refractivity contribution is 6.08. The molecule has 0 aromatic heterocycles. The van der Waals surface area contributed by atoms with Crippen molar-refractivity contribution in [2.75, 3.05) is 19.9 Å². The molecule has 0 radical (unpaired) electrons. The van der Waals surface area contributed by atoms with E-state index < -0.39 is 17.5 Å². The summed E-state index contributed by atoms with van der Waals surface area (Å²) in [7, 11) is 0. The van der Waals surface area contributed by atoms with E-state index in [1.165, 1.54) is 0 Å². The maximum Gasteiger partial charge on any atom is 0.344 e. The fourth-order valence-corrected chi connectivity index (χ4v) is 4.16. The van der Waals surface area contributed by atoms with E-state index in [0.29, 0.717) is 37.4 Å². The van der Waals surface area contributed by atoms with Crippen LogP contribution < -0.4 is 20.2 Å². The molecule has 4 rings (SSSR count). The summed E-state index contributed by atoms with van der Waals surface area (Å²) < 4.78 is 10.7. The number of amides is 4. The molecule has 1 saturated heterocycles. The molecule has 1 spiro atoms. The van der Waals surface area contributed by atoms with Crippen LogP contribution in [0.1, 0.15) is 44.6 Å². The van der Waals surface area contributed by atoms with E-state index in [1.54, 1.807) is 0 Å². The number of imide groups is 1. The quantitative estimate of drug-likeness (QED) is 0.700. The predicted octanol–water partition coefficient (Wildman–Crippen LogP) is 1.52. The van der Waals surface area contributed by atoms with Gasteiger partial charge in [-0.2, -0.15) is 5.01 Å². The first-order valence-corrected chi connectivity index (χ1v) is 10.1. The van der Waals surface area contributed by atoms with Gasteiger partial charge in [-0.3, -0.25) is 19.9 Å². The lowest BCUT2D eigenvalue weighted by atomic mass is 9.82. The van der Waals surface area contributed by atoms with E-state index in [2.05, 4.69) is 10.7 Å². The third-order valence-electron chi connectivity index (χ3n) is 5.76. The maximum atomic E-state index is 12.8. The molecular weight excluding hydrogens is 376 g/mol. The van der Waals surface area contributed by atoms with Gasteiger partial charge in [0.05, 0.1) is 6.54 Å². The van der Waals surface area contributed by atoms with Crippen LogP contribution in [0, 0.1) is 0 Å². The van der Waals surface area contributed by atoms with E-state index in [9.17, 15) is 14.4 Å². The first-order chi connectivity index (χ1) is 14.0. The van der Waals surface area contributed by atoms with Gasteiger partial charge in [-0.1, -0.05) is 32.3 Å². The summed E-state index contributed by atoms with van der Waals surface area (Å²) >= 11 is 0. The first kappa shape index (κ1) is 19.5. The molecule has 3 aliphatic rings. The second-order valence-electron chi connectivity index (χ2n) is 7.74. The number of rotatable bonds is 6. The fraction of sp³-hybridized carbons (Fsp3) is 0.550. The molecule has 156 valence electrons. The van der Waals surface area contributed by atoms with Gasteiger partial charge in [0.2, 0.25) is 6.79 Å². The monoisotopic (exact) mass is 402 g/mol. The molecule has 2 heterocycles. The lowest BCUT2D eigenvalue weighted by molar-refractivity contribution is -0.140. The summed E-state index contributed by atoms with van der Waals surface area (Å²) in [5.74, 6) is 0.656. The van der Waals surface area contributed by atoms with Crippen LogP contribution in [0.2, 0.25) is 0 Å². The second kappa shape index (κ2) is 7.90. The van der Waals surface area contributed by atoms with Crippen LogP contribution >= 0.6 is 0 Å². The standard InChI is InChI=1S/C20H26N4O5/c1-2-23(11-14-6-7-15-16(10-14)29-13-28-15)12-17(25)22-24-18(26)20(21-19(24)27)8-4-3-5-9-20/h6-7,10H,2-5,8-9,11-13H2,1H3,(H,21,27)(H,22,25). The molecule has 0 unspecified atom stereocenters. The van der Waals surface area contributed by atoms with Crippen molar-refractivity contribution in [2.45, 2.75) is 51.1 Å². The zero-order valence-corrected chi connectivity index (χ0v) is 16.5. The van der Waals surface area contributed by atoms with Crippen LogP contribution in [0.4, 0.5) is 4.79 Å². The zero-order chi connectivity index (χ0) is 20.4. The lowest BCUT2D eigenvalue weighted by Crippen LogP contribution is -2.52. The molecule has 4 amide bonds. The number of fused-ring (bicyclic) bond motifs is 1. The summed E-state index contributed by atoms with van der Waals surface area (Å²) in [4.78, 5) is 39.5. The highest BCUT2D eigenvalue weighted by atomic mass is 16.7. The second-order valence-corrected chi connectivity index (χ2v) is 7.74. The highest BCUT2D eigenvalue weighted by Crippen LogP contribution is 2.34. The highest BCUT2D eigenvalue weighted by Gasteiger charge is 2.52. The summed E-state index contributed by atoms with van der Waals surface area (Å²) in [6.07, 6.45) is 4.09. The van der Waals surface area contributed by atoms with Gasteiger partial charge in [-0.25, -0.2) is 4.79 Å². The van der Waals surface area contributed by atoms with Gasteiger partial charge in [0.25, 0.3) is 11.8 Å². The smallest absolute Gasteiger partial charge is 0.344 e. The van der Waals surface area contributed by atoms with Crippen molar-refractivity contribution in [3.05, 3.63) is 23.8 Å². The van der Waals surface area contributed by atoms with Gasteiger partial charge in [-0.15, -0.1) is 0 Å². The Bertz CT molecular complexity index is 821. The van der Waals surface area contributed by atoms with Gasteiger partial charge in [0.15, 0.2) is 11.5 Å². The molecule has 9 heteroatoms. The number of nitrogens with zero attached hydrogens (tertiary/aromatic N) is 2. The average molecular weight is 402 g/mol. The number of ether oxygens (including phenoxy) is 2. The molecule has 1 aromatic rings. The predicted molar refractivity (Wildman–Crippen MR) is 103 cm³/mol. The Morgan fingerprint density at radius 3 is 2.72 bits per heavy atom. The van der Waals surface area contributed by atoms with Gasteiger partial charge in [0.1, 0.15) is 5.54 Å². The summed E-state index contributed by atoms with van der Waals surface area (Å²) in [5, 5.41) is 3.64. The topological polar surface area (TPSA) is 100 Å². The van der Waals surface area contributed by atoms with Crippen molar-refractivity contribution >= 4 is 17.8 Å². The van der Waals surface area contributed by atoms with Gasteiger partial charge < -0.3 is 14.8 Å². The number of nitrogens with one attached hydrogen (secondary N) is 2. The molecular formula is C20H26N4O5. The minimum absolute atomic E-state index is 0.0645. The van der Waals surface area contributed by atoms with Crippen LogP contribution in [-0.2, 0) is 16.1 Å². The summed E-state index contributed by atoms with van der Waals surface area (Å²) in [5.41, 5.74) is 2.63. The molecule has 0 bridgehead atoms. The molecule has 1 aromatic carbocycles. The Kier molecular flexibility index (Phi) is 5.31. The Balaban J connectivity index is 1.35. The fourth-order valence-electron chi connectivity index (χ4n) is 4.16. The van der Waals surface area contributed by atoms with Crippen LogP contribution in [0.5, 0.6) is 11.5 Å². The van der Waals surface area contributed by atoms with Crippen LogP contribution in [0.15, 0.2) is 18.2 Å². The Morgan fingerprint density at radius 1 is 1.21 bits per heavy atom. The lowest BCUT2D eigenvalue weighted by Gasteiger charge is -2.30. The Morgan fingerprint density at radius 2 is 1.97 bits per heavy atom. The van der Waals surface area contributed by atoms with Crippen molar-refractivity contribution in [1.82, 2.24) is 20.7 Å². The number of hydrazine groups is 1. The number of urea groups is 1. The number of benzene rings is 1. The molecule has 2 aliphatic heterocycles. The minimum Gasteiger partial charge on any atom is -0.454 e. The van der Waals surface area contributed by atoms with E-state index in [4.69, 9.17) is 9.47 Å². The number of carbonyl (C=O) groups is 3. The normalized spacial score (nSPS) is 19.7. The van der Waals surface area contributed by atoms with Crippen molar-refractivity contribution in [2.24, 2.45) is 0 Å². The molecule has 29 heavy (non-hydrogen) atoms. The third kappa shape index (κ3) is 3.87. The molecule has 1 saturated carbocycles. The van der Waals surface area contributed by atoms with E-state index >= 15 is 0 Å². The summed E-state index contributed by atoms with van der Waals surface area (Å²) in [6.45, 7) is 3.39. The van der Waals surface area contributed by atoms with Gasteiger partial charge in [0, 0.05) is 6.54 Å². The number of likely N-dealkylation sites (N-methyl/N-ethyl adjacent to an activating group) is 1. The third-order valence-corrected chi connectivity index (χ3v) is 5.76. The van der Waals surface area contributed by atoms with Crippen molar-refractivity contribution < 1.29 is 23.9 Å². The average Bonchev–Trinajstić information content (AvgIpc) is 3.26. The number of hydrogen-bond donors (Lipinski definition) is 2. The van der Waals surface area contributed by atoms with Gasteiger partial charge in [-0.05, 0) is 37.1 Å². The van der Waals surface area contributed by atoms with Crippen LogP contribution in [0.25, 0.3) is 0 Å². The van der Waals surface area contributed by atoms with Gasteiger partial charge >= 0.3 is 6.03 Å². The molecule has 1 aliphatic carbocycles. The van der Waals surface area contributed by atoms with E-state index in [-0.39, 0.29) is 19.2 Å². The van der Waals surface area contributed by atoms with E-state index in [1.807, 2.05) is 30.0 Å². The summed E-state index contributed by atoms with van der Waals surface area (Å²) in [6, 6.07) is 5.12. The van der Waals surface area contributed by atoms with Crippen LogP contribution in [0.3, 0.4) is 0 Å². The molecule has 9 nitrogen and oxygen atoms in total. The minimum atomic E-state index is -0.848. The molecule has 2 N–H and O–H groups in total. The van der Waals surface area contributed by atoms with Crippen LogP contribution in [-0.4, -0.2) is 53.2 Å². The number of hydrogen-bond acceptors (Lipinski definition) is 6. The van der Waals surface area contributed by atoms with Crippen molar-refractivity contribution in [1.29, 1.82) is 0 Å². The van der Waals surface area contributed by atoms with Crippen molar-refractivity contribution in [3.8, 4) is 11.5 Å². The molecule has 2 fully saturated rings. The SMILES string of the molecule is CCN(CC(=O)NN1C(=O)NC2(CCCCC2)C1=O)Cc1ccc2c(c1)OCO2. The number of carbonyl (C=O) groups excluding carboxylic acids is 3. The maximum absolute atomic E-state index is 12.8. The molecule has 0 atom stereocenters.